The molecule has 4 nitrogen and oxygen atoms in total. The number of hydrogen-bond acceptors (Lipinski definition) is 4. The van der Waals surface area contributed by atoms with Crippen LogP contribution in [0.25, 0.3) is 0 Å². The lowest BCUT2D eigenvalue weighted by molar-refractivity contribution is 0.106. The van der Waals surface area contributed by atoms with Gasteiger partial charge in [0, 0.05) is 12.5 Å². The molecule has 0 aliphatic heterocycles. The van der Waals surface area contributed by atoms with Crippen molar-refractivity contribution in [3.05, 3.63) is 131 Å². The molecule has 0 saturated carbocycles. The minimum atomic E-state index is 0.274. The van der Waals surface area contributed by atoms with Crippen LogP contribution in [0.2, 0.25) is 0 Å². The van der Waals surface area contributed by atoms with Gasteiger partial charge in [0.05, 0.1) is 13.2 Å². The number of aryl methyl sites for hydroxylation is 1. The van der Waals surface area contributed by atoms with E-state index in [0.717, 1.165) is 24.3 Å². The molecule has 1 aliphatic carbocycles. The van der Waals surface area contributed by atoms with Crippen LogP contribution in [0.4, 0.5) is 0 Å². The molecule has 0 amide bonds. The van der Waals surface area contributed by atoms with Crippen molar-refractivity contribution in [3.63, 3.8) is 0 Å². The highest BCUT2D eigenvalue weighted by molar-refractivity contribution is 5.48. The van der Waals surface area contributed by atoms with Gasteiger partial charge in [-0.05, 0) is 70.8 Å². The third-order valence-corrected chi connectivity index (χ3v) is 7.05. The van der Waals surface area contributed by atoms with Gasteiger partial charge in [-0.25, -0.2) is 0 Å². The minimum Gasteiger partial charge on any atom is -0.491 e. The Morgan fingerprint density at radius 1 is 0.676 bits per heavy atom. The Bertz CT molecular complexity index is 1240. The predicted octanol–water partition coefficient (Wildman–Crippen LogP) is 6.48. The summed E-state index contributed by atoms with van der Waals surface area (Å²) >= 11 is 0. The Labute approximate surface area is 220 Å². The van der Waals surface area contributed by atoms with Crippen LogP contribution in [-0.2, 0) is 17.8 Å². The van der Waals surface area contributed by atoms with Crippen LogP contribution < -0.4 is 15.2 Å². The third-order valence-electron chi connectivity index (χ3n) is 7.05. The molecular formula is C33H35NO3. The van der Waals surface area contributed by atoms with Gasteiger partial charge in [0.1, 0.15) is 24.7 Å². The second-order valence-corrected chi connectivity index (χ2v) is 9.49. The first-order valence-electron chi connectivity index (χ1n) is 13.2. The van der Waals surface area contributed by atoms with Gasteiger partial charge in [-0.2, -0.15) is 0 Å². The summed E-state index contributed by atoms with van der Waals surface area (Å²) < 4.78 is 17.4. The molecule has 0 heterocycles. The molecule has 0 fully saturated rings. The molecule has 190 valence electrons. The summed E-state index contributed by atoms with van der Waals surface area (Å²) in [6, 6.07) is 36.4. The largest absolute Gasteiger partial charge is 0.491 e. The molecule has 4 aromatic rings. The van der Waals surface area contributed by atoms with Crippen molar-refractivity contribution in [2.45, 2.75) is 31.3 Å². The molecular weight excluding hydrogens is 458 g/mol. The van der Waals surface area contributed by atoms with Crippen molar-refractivity contribution in [2.24, 2.45) is 5.73 Å². The molecule has 37 heavy (non-hydrogen) atoms. The third kappa shape index (κ3) is 6.40. The summed E-state index contributed by atoms with van der Waals surface area (Å²) in [5, 5.41) is 0. The van der Waals surface area contributed by atoms with E-state index in [1.54, 1.807) is 0 Å². The number of ether oxygens (including phenoxy) is 3. The van der Waals surface area contributed by atoms with E-state index in [1.165, 1.54) is 27.8 Å². The molecule has 0 saturated heterocycles. The zero-order valence-corrected chi connectivity index (χ0v) is 21.2. The summed E-state index contributed by atoms with van der Waals surface area (Å²) in [6.07, 6.45) is 2.14. The number of nitrogens with two attached hydrogens (primary N) is 1. The first-order valence-corrected chi connectivity index (χ1v) is 13.2. The molecule has 4 aromatic carbocycles. The van der Waals surface area contributed by atoms with Crippen molar-refractivity contribution in [3.8, 4) is 11.5 Å². The highest BCUT2D eigenvalue weighted by Gasteiger charge is 2.32. The Hall–Kier alpha value is -3.60. The summed E-state index contributed by atoms with van der Waals surface area (Å²) in [5.74, 6) is 2.48. The SMILES string of the molecule is NCCOCCOc1ccc(C2c3ccc(OCc4ccccc4)cc3CC[C@@H]2c2ccccc2)cc1. The van der Waals surface area contributed by atoms with Gasteiger partial charge in [-0.3, -0.25) is 0 Å². The first-order chi connectivity index (χ1) is 18.3. The monoisotopic (exact) mass is 493 g/mol. The maximum absolute atomic E-state index is 6.15. The molecule has 0 radical (unpaired) electrons. The molecule has 2 atom stereocenters. The quantitative estimate of drug-likeness (QED) is 0.243. The average molecular weight is 494 g/mol. The van der Waals surface area contributed by atoms with Crippen molar-refractivity contribution < 1.29 is 14.2 Å². The molecule has 1 unspecified atom stereocenters. The Balaban J connectivity index is 1.37. The van der Waals surface area contributed by atoms with Gasteiger partial charge in [0.2, 0.25) is 0 Å². The van der Waals surface area contributed by atoms with E-state index in [2.05, 4.69) is 84.9 Å². The summed E-state index contributed by atoms with van der Waals surface area (Å²) in [6.45, 7) is 2.72. The zero-order valence-electron chi connectivity index (χ0n) is 21.2. The van der Waals surface area contributed by atoms with Crippen LogP contribution in [0.5, 0.6) is 11.5 Å². The van der Waals surface area contributed by atoms with Gasteiger partial charge >= 0.3 is 0 Å². The molecule has 5 rings (SSSR count). The molecule has 0 spiro atoms. The van der Waals surface area contributed by atoms with E-state index in [-0.39, 0.29) is 5.92 Å². The molecule has 0 aromatic heterocycles. The number of fused-ring (bicyclic) bond motifs is 1. The van der Waals surface area contributed by atoms with Gasteiger partial charge in [-0.15, -0.1) is 0 Å². The number of benzene rings is 4. The van der Waals surface area contributed by atoms with Crippen LogP contribution in [0.3, 0.4) is 0 Å². The van der Waals surface area contributed by atoms with Crippen LogP contribution in [0.15, 0.2) is 103 Å². The Morgan fingerprint density at radius 2 is 1.41 bits per heavy atom. The van der Waals surface area contributed by atoms with E-state index in [4.69, 9.17) is 19.9 Å². The van der Waals surface area contributed by atoms with E-state index in [9.17, 15) is 0 Å². The molecule has 2 N–H and O–H groups in total. The molecule has 1 aliphatic rings. The van der Waals surface area contributed by atoms with Crippen molar-refractivity contribution in [1.82, 2.24) is 0 Å². The summed E-state index contributed by atoms with van der Waals surface area (Å²) in [4.78, 5) is 0. The number of rotatable bonds is 11. The van der Waals surface area contributed by atoms with Gasteiger partial charge < -0.3 is 19.9 Å². The highest BCUT2D eigenvalue weighted by atomic mass is 16.5. The average Bonchev–Trinajstić information content (AvgIpc) is 2.96. The Morgan fingerprint density at radius 3 is 2.16 bits per heavy atom. The fourth-order valence-corrected chi connectivity index (χ4v) is 5.27. The van der Waals surface area contributed by atoms with Gasteiger partial charge in [0.15, 0.2) is 0 Å². The smallest absolute Gasteiger partial charge is 0.120 e. The van der Waals surface area contributed by atoms with Gasteiger partial charge in [0.25, 0.3) is 0 Å². The zero-order chi connectivity index (χ0) is 25.3. The highest BCUT2D eigenvalue weighted by Crippen LogP contribution is 2.47. The minimum absolute atomic E-state index is 0.274. The Kier molecular flexibility index (Phi) is 8.52. The van der Waals surface area contributed by atoms with Crippen molar-refractivity contribution in [1.29, 1.82) is 0 Å². The molecule has 0 bridgehead atoms. The maximum atomic E-state index is 6.15. The maximum Gasteiger partial charge on any atom is 0.120 e. The topological polar surface area (TPSA) is 53.7 Å². The summed E-state index contributed by atoms with van der Waals surface area (Å²) in [7, 11) is 0. The normalized spacial score (nSPS) is 16.7. The second kappa shape index (κ2) is 12.6. The lowest BCUT2D eigenvalue weighted by atomic mass is 9.69. The van der Waals surface area contributed by atoms with E-state index in [1.807, 2.05) is 18.2 Å². The van der Waals surface area contributed by atoms with Crippen molar-refractivity contribution in [2.75, 3.05) is 26.4 Å². The molecule has 4 heteroatoms. The van der Waals surface area contributed by atoms with Crippen LogP contribution in [0.1, 0.15) is 46.1 Å². The van der Waals surface area contributed by atoms with E-state index >= 15 is 0 Å². The van der Waals surface area contributed by atoms with E-state index < -0.39 is 0 Å². The second-order valence-electron chi connectivity index (χ2n) is 9.49. The van der Waals surface area contributed by atoms with Crippen LogP contribution in [-0.4, -0.2) is 26.4 Å². The standard InChI is InChI=1S/C33H35NO3/c34-19-20-35-21-22-36-29-14-11-27(12-15-29)33-31(26-9-5-2-6-10-26)17-13-28-23-30(16-18-32(28)33)37-24-25-7-3-1-4-8-25/h1-12,14-16,18,23,31,33H,13,17,19-22,24,34H2/t31-,33?/m1/s1. The lowest BCUT2D eigenvalue weighted by Crippen LogP contribution is -2.20. The fraction of sp³-hybridized carbons (Fsp3) is 0.273. The van der Waals surface area contributed by atoms with Crippen LogP contribution in [0, 0.1) is 0 Å². The van der Waals surface area contributed by atoms with Gasteiger partial charge in [-0.1, -0.05) is 78.9 Å². The van der Waals surface area contributed by atoms with Crippen molar-refractivity contribution >= 4 is 0 Å². The summed E-state index contributed by atoms with van der Waals surface area (Å²) in [5.41, 5.74) is 12.1. The van der Waals surface area contributed by atoms with E-state index in [0.29, 0.717) is 38.9 Å². The lowest BCUT2D eigenvalue weighted by Gasteiger charge is -2.35. The first kappa shape index (κ1) is 25.1. The van der Waals surface area contributed by atoms with Crippen LogP contribution >= 0.6 is 0 Å². The fourth-order valence-electron chi connectivity index (χ4n) is 5.27. The predicted molar refractivity (Wildman–Crippen MR) is 148 cm³/mol. The number of hydrogen-bond donors (Lipinski definition) is 1.